The van der Waals surface area contributed by atoms with E-state index in [9.17, 15) is 9.18 Å². The maximum absolute atomic E-state index is 13.9. The van der Waals surface area contributed by atoms with Crippen LogP contribution in [0.15, 0.2) is 42.5 Å². The van der Waals surface area contributed by atoms with E-state index in [0.29, 0.717) is 35.8 Å². The summed E-state index contributed by atoms with van der Waals surface area (Å²) >= 11 is 8.21. The normalized spacial score (nSPS) is 15.9. The van der Waals surface area contributed by atoms with Crippen molar-refractivity contribution in [1.82, 2.24) is 9.80 Å². The molecule has 0 spiro atoms. The maximum Gasteiger partial charge on any atom is 0.255 e. The SMILES string of the molecule is O=C(c1cc(Cl)ccc1I)N1CCCN(Cc2ccccc2F)CC1. The largest absolute Gasteiger partial charge is 0.337 e. The van der Waals surface area contributed by atoms with E-state index in [1.54, 1.807) is 18.2 Å². The van der Waals surface area contributed by atoms with Crippen LogP contribution in [0.2, 0.25) is 5.02 Å². The average molecular weight is 473 g/mol. The topological polar surface area (TPSA) is 23.6 Å². The first kappa shape index (κ1) is 18.6. The summed E-state index contributed by atoms with van der Waals surface area (Å²) in [5.74, 6) is -0.159. The van der Waals surface area contributed by atoms with Crippen molar-refractivity contribution in [2.75, 3.05) is 26.2 Å². The van der Waals surface area contributed by atoms with Crippen LogP contribution in [0.5, 0.6) is 0 Å². The molecule has 6 heteroatoms. The fourth-order valence-corrected chi connectivity index (χ4v) is 3.77. The highest BCUT2D eigenvalue weighted by atomic mass is 127. The van der Waals surface area contributed by atoms with E-state index in [4.69, 9.17) is 11.6 Å². The number of hydrogen-bond donors (Lipinski definition) is 0. The van der Waals surface area contributed by atoms with Gasteiger partial charge in [-0.1, -0.05) is 29.8 Å². The second-order valence-corrected chi connectivity index (χ2v) is 7.74. The van der Waals surface area contributed by atoms with Crippen molar-refractivity contribution in [3.05, 3.63) is 68.0 Å². The molecule has 3 nitrogen and oxygen atoms in total. The molecule has 25 heavy (non-hydrogen) atoms. The summed E-state index contributed by atoms with van der Waals surface area (Å²) in [6.45, 7) is 3.50. The molecule has 2 aromatic carbocycles. The predicted molar refractivity (Wildman–Crippen MR) is 106 cm³/mol. The lowest BCUT2D eigenvalue weighted by atomic mass is 10.2. The molecular formula is C19H19ClFIN2O. The zero-order chi connectivity index (χ0) is 17.8. The summed E-state index contributed by atoms with van der Waals surface area (Å²) in [7, 11) is 0. The molecule has 0 atom stereocenters. The molecule has 1 aliphatic rings. The lowest BCUT2D eigenvalue weighted by Gasteiger charge is -2.22. The van der Waals surface area contributed by atoms with Gasteiger partial charge in [0, 0.05) is 46.9 Å². The summed E-state index contributed by atoms with van der Waals surface area (Å²) in [5, 5.41) is 0.569. The molecule has 0 bridgehead atoms. The fraction of sp³-hybridized carbons (Fsp3) is 0.316. The van der Waals surface area contributed by atoms with Gasteiger partial charge in [-0.15, -0.1) is 0 Å². The van der Waals surface area contributed by atoms with Crippen molar-refractivity contribution in [3.63, 3.8) is 0 Å². The van der Waals surface area contributed by atoms with Crippen LogP contribution in [0.4, 0.5) is 4.39 Å². The average Bonchev–Trinajstić information content (AvgIpc) is 2.84. The standard InChI is InChI=1S/C19H19ClFIN2O/c20-15-6-7-18(22)16(12-15)19(25)24-9-3-8-23(10-11-24)13-14-4-1-2-5-17(14)21/h1-2,4-7,12H,3,8-11,13H2. The van der Waals surface area contributed by atoms with Crippen LogP contribution in [-0.2, 0) is 6.54 Å². The number of hydrogen-bond acceptors (Lipinski definition) is 2. The number of rotatable bonds is 3. The monoisotopic (exact) mass is 472 g/mol. The van der Waals surface area contributed by atoms with Gasteiger partial charge in [-0.05, 0) is 53.3 Å². The van der Waals surface area contributed by atoms with Gasteiger partial charge in [0.05, 0.1) is 5.56 Å². The number of amides is 1. The van der Waals surface area contributed by atoms with Gasteiger partial charge in [-0.2, -0.15) is 0 Å². The molecule has 3 rings (SSSR count). The van der Waals surface area contributed by atoms with E-state index in [-0.39, 0.29) is 11.7 Å². The fourth-order valence-electron chi connectivity index (χ4n) is 3.03. The first-order valence-corrected chi connectivity index (χ1v) is 9.70. The van der Waals surface area contributed by atoms with E-state index in [1.807, 2.05) is 23.1 Å². The van der Waals surface area contributed by atoms with Gasteiger partial charge in [0.25, 0.3) is 5.91 Å². The number of carbonyl (C=O) groups excluding carboxylic acids is 1. The van der Waals surface area contributed by atoms with Crippen molar-refractivity contribution in [3.8, 4) is 0 Å². The minimum absolute atomic E-state index is 0.0136. The van der Waals surface area contributed by atoms with Crippen LogP contribution in [0.1, 0.15) is 22.3 Å². The van der Waals surface area contributed by atoms with Crippen LogP contribution < -0.4 is 0 Å². The van der Waals surface area contributed by atoms with Crippen molar-refractivity contribution in [2.24, 2.45) is 0 Å². The molecule has 0 saturated carbocycles. The highest BCUT2D eigenvalue weighted by Crippen LogP contribution is 2.21. The van der Waals surface area contributed by atoms with Crippen LogP contribution in [-0.4, -0.2) is 41.9 Å². The molecule has 1 amide bonds. The minimum Gasteiger partial charge on any atom is -0.337 e. The summed E-state index contributed by atoms with van der Waals surface area (Å²) < 4.78 is 14.8. The molecule has 1 saturated heterocycles. The maximum atomic E-state index is 13.9. The Labute approximate surface area is 165 Å². The Morgan fingerprint density at radius 3 is 2.72 bits per heavy atom. The minimum atomic E-state index is -0.173. The Morgan fingerprint density at radius 2 is 1.92 bits per heavy atom. The molecule has 0 aliphatic carbocycles. The van der Waals surface area contributed by atoms with E-state index < -0.39 is 0 Å². The summed E-state index contributed by atoms with van der Waals surface area (Å²) in [6.07, 6.45) is 0.872. The molecule has 0 radical (unpaired) electrons. The second kappa shape index (κ2) is 8.47. The van der Waals surface area contributed by atoms with Gasteiger partial charge in [0.2, 0.25) is 0 Å². The Bertz CT molecular complexity index is 771. The molecular weight excluding hydrogens is 454 g/mol. The smallest absolute Gasteiger partial charge is 0.255 e. The first-order valence-electron chi connectivity index (χ1n) is 8.24. The Balaban J connectivity index is 1.66. The number of carbonyl (C=O) groups is 1. The molecule has 0 N–H and O–H groups in total. The predicted octanol–water partition coefficient (Wildman–Crippen LogP) is 4.43. The third kappa shape index (κ3) is 4.71. The Kier molecular flexibility index (Phi) is 6.30. The van der Waals surface area contributed by atoms with Crippen LogP contribution in [0.25, 0.3) is 0 Å². The highest BCUT2D eigenvalue weighted by Gasteiger charge is 2.22. The van der Waals surface area contributed by atoms with E-state index in [0.717, 1.165) is 23.1 Å². The zero-order valence-electron chi connectivity index (χ0n) is 13.7. The van der Waals surface area contributed by atoms with Crippen molar-refractivity contribution in [1.29, 1.82) is 0 Å². The summed E-state index contributed by atoms with van der Waals surface area (Å²) in [5.41, 5.74) is 1.35. The summed E-state index contributed by atoms with van der Waals surface area (Å²) in [6, 6.07) is 12.2. The molecule has 1 aliphatic heterocycles. The molecule has 2 aromatic rings. The quantitative estimate of drug-likeness (QED) is 0.617. The van der Waals surface area contributed by atoms with Gasteiger partial charge in [-0.25, -0.2) is 4.39 Å². The molecule has 0 aromatic heterocycles. The highest BCUT2D eigenvalue weighted by molar-refractivity contribution is 14.1. The third-order valence-electron chi connectivity index (χ3n) is 4.39. The molecule has 132 valence electrons. The van der Waals surface area contributed by atoms with Crippen molar-refractivity contribution >= 4 is 40.1 Å². The van der Waals surface area contributed by atoms with Crippen molar-refractivity contribution < 1.29 is 9.18 Å². The lowest BCUT2D eigenvalue weighted by Crippen LogP contribution is -2.35. The van der Waals surface area contributed by atoms with Gasteiger partial charge in [-0.3, -0.25) is 9.69 Å². The molecule has 1 heterocycles. The number of benzene rings is 2. The number of nitrogens with zero attached hydrogens (tertiary/aromatic N) is 2. The molecule has 1 fully saturated rings. The summed E-state index contributed by atoms with van der Waals surface area (Å²) in [4.78, 5) is 16.9. The Hall–Kier alpha value is -1.18. The van der Waals surface area contributed by atoms with Crippen LogP contribution >= 0.6 is 34.2 Å². The zero-order valence-corrected chi connectivity index (χ0v) is 16.6. The van der Waals surface area contributed by atoms with E-state index in [1.165, 1.54) is 6.07 Å². The van der Waals surface area contributed by atoms with Crippen LogP contribution in [0.3, 0.4) is 0 Å². The second-order valence-electron chi connectivity index (χ2n) is 6.14. The van der Waals surface area contributed by atoms with Gasteiger partial charge < -0.3 is 4.90 Å². The van der Waals surface area contributed by atoms with Crippen molar-refractivity contribution in [2.45, 2.75) is 13.0 Å². The Morgan fingerprint density at radius 1 is 1.12 bits per heavy atom. The molecule has 0 unspecified atom stereocenters. The van der Waals surface area contributed by atoms with E-state index >= 15 is 0 Å². The van der Waals surface area contributed by atoms with Crippen LogP contribution in [0, 0.1) is 9.39 Å². The van der Waals surface area contributed by atoms with Gasteiger partial charge in [0.15, 0.2) is 0 Å². The first-order chi connectivity index (χ1) is 12.0. The third-order valence-corrected chi connectivity index (χ3v) is 5.56. The lowest BCUT2D eigenvalue weighted by molar-refractivity contribution is 0.0760. The van der Waals surface area contributed by atoms with Gasteiger partial charge >= 0.3 is 0 Å². The van der Waals surface area contributed by atoms with Gasteiger partial charge in [0.1, 0.15) is 5.82 Å². The van der Waals surface area contributed by atoms with E-state index in [2.05, 4.69) is 27.5 Å². The number of halogens is 3.